The van der Waals surface area contributed by atoms with Gasteiger partial charge < -0.3 is 14.6 Å². The van der Waals surface area contributed by atoms with E-state index in [-0.39, 0.29) is 5.91 Å². The zero-order valence-corrected chi connectivity index (χ0v) is 16.9. The maximum absolute atomic E-state index is 12.5. The molecule has 1 saturated heterocycles. The molecule has 1 aromatic heterocycles. The van der Waals surface area contributed by atoms with E-state index in [2.05, 4.69) is 27.3 Å². The summed E-state index contributed by atoms with van der Waals surface area (Å²) in [6, 6.07) is 15.8. The number of hydrogen-bond donors (Lipinski definition) is 1. The monoisotopic (exact) mass is 391 g/mol. The van der Waals surface area contributed by atoms with Crippen LogP contribution in [0, 0.1) is 0 Å². The second kappa shape index (κ2) is 9.70. The van der Waals surface area contributed by atoms with Crippen LogP contribution in [0.2, 0.25) is 0 Å². The molecular formula is C24H29N3O2. The molecule has 29 heavy (non-hydrogen) atoms. The average Bonchev–Trinajstić information content (AvgIpc) is 2.98. The van der Waals surface area contributed by atoms with Crippen LogP contribution < -0.4 is 5.32 Å². The number of rotatable bonds is 7. The topological polar surface area (TPSA) is 58.4 Å². The summed E-state index contributed by atoms with van der Waals surface area (Å²) in [4.78, 5) is 19.5. The van der Waals surface area contributed by atoms with Gasteiger partial charge in [-0.15, -0.1) is 0 Å². The Bertz CT molecular complexity index is 928. The largest absolute Gasteiger partial charge is 0.441 e. The highest BCUT2D eigenvalue weighted by Gasteiger charge is 2.12. The van der Waals surface area contributed by atoms with Gasteiger partial charge in [0.25, 0.3) is 5.91 Å². The molecule has 1 aliphatic rings. The fraction of sp³-hybridized carbons (Fsp3) is 0.417. The summed E-state index contributed by atoms with van der Waals surface area (Å²) < 4.78 is 5.89. The lowest BCUT2D eigenvalue weighted by Crippen LogP contribution is -2.35. The molecule has 0 unspecified atom stereocenters. The molecule has 0 saturated carbocycles. The molecule has 4 rings (SSSR count). The van der Waals surface area contributed by atoms with E-state index in [0.29, 0.717) is 23.6 Å². The third-order valence-corrected chi connectivity index (χ3v) is 5.58. The smallest absolute Gasteiger partial charge is 0.251 e. The molecule has 5 heteroatoms. The Morgan fingerprint density at radius 2 is 1.79 bits per heavy atom. The Labute approximate surface area is 172 Å². The molecular weight excluding hydrogens is 362 g/mol. The van der Waals surface area contributed by atoms with Crippen LogP contribution >= 0.6 is 0 Å². The van der Waals surface area contributed by atoms with Crippen LogP contribution in [0.25, 0.3) is 11.1 Å². The van der Waals surface area contributed by atoms with Gasteiger partial charge in [-0.1, -0.05) is 43.2 Å². The number of oxazole rings is 1. The van der Waals surface area contributed by atoms with Gasteiger partial charge in [0.2, 0.25) is 0 Å². The van der Waals surface area contributed by atoms with Crippen molar-refractivity contribution in [2.24, 2.45) is 0 Å². The lowest BCUT2D eigenvalue weighted by molar-refractivity contribution is 0.0948. The number of likely N-dealkylation sites (tertiary alicyclic amines) is 1. The van der Waals surface area contributed by atoms with Gasteiger partial charge in [0.15, 0.2) is 11.5 Å². The average molecular weight is 392 g/mol. The molecule has 1 aliphatic heterocycles. The molecule has 1 N–H and O–H groups in total. The Kier molecular flexibility index (Phi) is 6.57. The number of aromatic nitrogens is 1. The Morgan fingerprint density at radius 1 is 1.00 bits per heavy atom. The van der Waals surface area contributed by atoms with Crippen LogP contribution in [-0.2, 0) is 12.8 Å². The Balaban J connectivity index is 1.32. The van der Waals surface area contributed by atoms with Crippen LogP contribution in [0.1, 0.15) is 47.5 Å². The van der Waals surface area contributed by atoms with Gasteiger partial charge >= 0.3 is 0 Å². The predicted octanol–water partition coefficient (Wildman–Crippen LogP) is 4.22. The fourth-order valence-electron chi connectivity index (χ4n) is 3.91. The Morgan fingerprint density at radius 3 is 2.59 bits per heavy atom. The second-order valence-corrected chi connectivity index (χ2v) is 7.79. The highest BCUT2D eigenvalue weighted by molar-refractivity contribution is 5.97. The van der Waals surface area contributed by atoms with E-state index < -0.39 is 0 Å². The third-order valence-electron chi connectivity index (χ3n) is 5.58. The second-order valence-electron chi connectivity index (χ2n) is 7.79. The third kappa shape index (κ3) is 5.45. The van der Waals surface area contributed by atoms with Crippen molar-refractivity contribution in [1.29, 1.82) is 0 Å². The predicted molar refractivity (Wildman–Crippen MR) is 115 cm³/mol. The maximum Gasteiger partial charge on any atom is 0.251 e. The van der Waals surface area contributed by atoms with Gasteiger partial charge in [-0.3, -0.25) is 4.79 Å². The van der Waals surface area contributed by atoms with E-state index in [1.54, 1.807) is 6.07 Å². The number of benzene rings is 2. The number of nitrogens with one attached hydrogen (secondary N) is 1. The van der Waals surface area contributed by atoms with Gasteiger partial charge in [-0.25, -0.2) is 4.98 Å². The first-order valence-electron chi connectivity index (χ1n) is 10.7. The lowest BCUT2D eigenvalue weighted by atomic mass is 10.1. The van der Waals surface area contributed by atoms with Gasteiger partial charge in [0.05, 0.1) is 0 Å². The van der Waals surface area contributed by atoms with E-state index >= 15 is 0 Å². The van der Waals surface area contributed by atoms with Crippen LogP contribution in [-0.4, -0.2) is 42.0 Å². The summed E-state index contributed by atoms with van der Waals surface area (Å²) in [6.45, 7) is 3.88. The number of aryl methyl sites for hydroxylation is 2. The van der Waals surface area contributed by atoms with Crippen LogP contribution in [0.4, 0.5) is 0 Å². The van der Waals surface area contributed by atoms with E-state index in [1.165, 1.54) is 31.2 Å². The molecule has 0 aliphatic carbocycles. The van der Waals surface area contributed by atoms with Crippen molar-refractivity contribution in [3.63, 3.8) is 0 Å². The SMILES string of the molecule is O=C(NCCN1CCCCCC1)c1ccc2nc(CCc3ccccc3)oc2c1. The number of carbonyl (C=O) groups excluding carboxylic acids is 1. The number of nitrogens with zero attached hydrogens (tertiary/aromatic N) is 2. The van der Waals surface area contributed by atoms with Crippen molar-refractivity contribution in [1.82, 2.24) is 15.2 Å². The summed E-state index contributed by atoms with van der Waals surface area (Å²) >= 11 is 0. The van der Waals surface area contributed by atoms with E-state index in [4.69, 9.17) is 4.42 Å². The maximum atomic E-state index is 12.5. The minimum atomic E-state index is -0.0519. The van der Waals surface area contributed by atoms with Crippen molar-refractivity contribution in [3.05, 3.63) is 65.5 Å². The highest BCUT2D eigenvalue weighted by atomic mass is 16.3. The standard InChI is InChI=1S/C24H29N3O2/c28-24(25-14-17-27-15-6-1-2-7-16-27)20-11-12-21-22(18-20)29-23(26-21)13-10-19-8-4-3-5-9-19/h3-5,8-9,11-12,18H,1-2,6-7,10,13-17H2,(H,25,28). The molecule has 1 amide bonds. The quantitative estimate of drug-likeness (QED) is 0.655. The Hall–Kier alpha value is -2.66. The molecule has 0 atom stereocenters. The first kappa shape index (κ1) is 19.6. The normalized spacial score (nSPS) is 15.3. The summed E-state index contributed by atoms with van der Waals surface area (Å²) in [5.41, 5.74) is 3.36. The summed E-state index contributed by atoms with van der Waals surface area (Å²) in [7, 11) is 0. The molecule has 0 bridgehead atoms. The molecule has 2 heterocycles. The van der Waals surface area contributed by atoms with Gasteiger partial charge in [0, 0.05) is 25.1 Å². The molecule has 5 nitrogen and oxygen atoms in total. The minimum Gasteiger partial charge on any atom is -0.441 e. The van der Waals surface area contributed by atoms with Crippen molar-refractivity contribution < 1.29 is 9.21 Å². The van der Waals surface area contributed by atoms with Crippen molar-refractivity contribution in [3.8, 4) is 0 Å². The molecule has 0 spiro atoms. The van der Waals surface area contributed by atoms with Gasteiger partial charge in [0.1, 0.15) is 5.52 Å². The van der Waals surface area contributed by atoms with Crippen LogP contribution in [0.5, 0.6) is 0 Å². The number of carbonyl (C=O) groups is 1. The first-order chi connectivity index (χ1) is 14.3. The zero-order chi connectivity index (χ0) is 19.9. The van der Waals surface area contributed by atoms with Gasteiger partial charge in [-0.05, 0) is 56.1 Å². The number of fused-ring (bicyclic) bond motifs is 1. The molecule has 152 valence electrons. The number of amides is 1. The summed E-state index contributed by atoms with van der Waals surface area (Å²) in [5.74, 6) is 0.659. The van der Waals surface area contributed by atoms with Crippen molar-refractivity contribution in [2.45, 2.75) is 38.5 Å². The van der Waals surface area contributed by atoms with E-state index in [1.807, 2.05) is 30.3 Å². The summed E-state index contributed by atoms with van der Waals surface area (Å²) in [5, 5.41) is 3.04. The highest BCUT2D eigenvalue weighted by Crippen LogP contribution is 2.19. The van der Waals surface area contributed by atoms with Crippen LogP contribution in [0.15, 0.2) is 52.9 Å². The fourth-order valence-corrected chi connectivity index (χ4v) is 3.91. The summed E-state index contributed by atoms with van der Waals surface area (Å²) in [6.07, 6.45) is 6.82. The number of hydrogen-bond acceptors (Lipinski definition) is 4. The van der Waals surface area contributed by atoms with Gasteiger partial charge in [-0.2, -0.15) is 0 Å². The molecule has 3 aromatic rings. The lowest BCUT2D eigenvalue weighted by Gasteiger charge is -2.19. The van der Waals surface area contributed by atoms with Crippen molar-refractivity contribution >= 4 is 17.0 Å². The van der Waals surface area contributed by atoms with E-state index in [0.717, 1.165) is 38.0 Å². The molecule has 2 aromatic carbocycles. The zero-order valence-electron chi connectivity index (χ0n) is 16.9. The van der Waals surface area contributed by atoms with E-state index in [9.17, 15) is 4.79 Å². The minimum absolute atomic E-state index is 0.0519. The first-order valence-corrected chi connectivity index (χ1v) is 10.7. The van der Waals surface area contributed by atoms with Crippen LogP contribution in [0.3, 0.4) is 0 Å². The van der Waals surface area contributed by atoms with Crippen molar-refractivity contribution in [2.75, 3.05) is 26.2 Å². The molecule has 0 radical (unpaired) electrons. The molecule has 1 fully saturated rings.